The largest absolute Gasteiger partial charge is 0.470 e. The summed E-state index contributed by atoms with van der Waals surface area (Å²) >= 11 is 5.85. The van der Waals surface area contributed by atoms with Crippen molar-refractivity contribution >= 4 is 28.9 Å². The van der Waals surface area contributed by atoms with Gasteiger partial charge in [-0.25, -0.2) is 18.0 Å². The molecule has 13 heteroatoms. The van der Waals surface area contributed by atoms with Gasteiger partial charge in [0.05, 0.1) is 18.1 Å². The molecule has 0 spiro atoms. The van der Waals surface area contributed by atoms with Gasteiger partial charge in [-0.05, 0) is 37.6 Å². The third-order valence-corrected chi connectivity index (χ3v) is 5.36. The van der Waals surface area contributed by atoms with Gasteiger partial charge < -0.3 is 9.32 Å². The van der Waals surface area contributed by atoms with E-state index in [-0.39, 0.29) is 41.4 Å². The number of likely N-dealkylation sites (tertiary alicyclic amines) is 1. The zero-order valence-electron chi connectivity index (χ0n) is 18.3. The van der Waals surface area contributed by atoms with E-state index < -0.39 is 48.3 Å². The topological polar surface area (TPSA) is 62.5 Å². The summed E-state index contributed by atoms with van der Waals surface area (Å²) in [6, 6.07) is 2.79. The lowest BCUT2D eigenvalue weighted by Gasteiger charge is -2.29. The van der Waals surface area contributed by atoms with E-state index in [1.165, 1.54) is 30.0 Å². The van der Waals surface area contributed by atoms with Crippen molar-refractivity contribution in [3.8, 4) is 0 Å². The quantitative estimate of drug-likeness (QED) is 0.328. The van der Waals surface area contributed by atoms with E-state index in [0.717, 1.165) is 17.0 Å². The van der Waals surface area contributed by atoms with Crippen LogP contribution in [0.3, 0.4) is 0 Å². The molecule has 0 N–H and O–H groups in total. The molecular formula is C22H19ClF6N4O2. The number of hydrogen-bond donors (Lipinski definition) is 0. The Hall–Kier alpha value is -3.28. The van der Waals surface area contributed by atoms with Crippen molar-refractivity contribution < 1.29 is 35.6 Å². The maximum absolute atomic E-state index is 15.1. The summed E-state index contributed by atoms with van der Waals surface area (Å²) in [7, 11) is 0. The predicted molar refractivity (Wildman–Crippen MR) is 117 cm³/mol. The van der Waals surface area contributed by atoms with Crippen molar-refractivity contribution in [3.63, 3.8) is 0 Å². The van der Waals surface area contributed by atoms with Crippen LogP contribution in [0.5, 0.6) is 0 Å². The summed E-state index contributed by atoms with van der Waals surface area (Å²) < 4.78 is 85.0. The van der Waals surface area contributed by atoms with E-state index >= 15 is 4.39 Å². The fourth-order valence-corrected chi connectivity index (χ4v) is 3.41. The lowest BCUT2D eigenvalue weighted by Crippen LogP contribution is -2.43. The van der Waals surface area contributed by atoms with Gasteiger partial charge in [0.2, 0.25) is 5.89 Å². The molecular weight excluding hydrogens is 502 g/mol. The molecule has 0 aliphatic carbocycles. The molecule has 0 bridgehead atoms. The van der Waals surface area contributed by atoms with Gasteiger partial charge >= 0.3 is 18.1 Å². The number of nitrogens with zero attached hydrogens (tertiary/aromatic N) is 4. The van der Waals surface area contributed by atoms with Crippen molar-refractivity contribution in [2.24, 2.45) is 0 Å². The Kier molecular flexibility index (Phi) is 7.93. The van der Waals surface area contributed by atoms with E-state index in [1.54, 1.807) is 0 Å². The highest BCUT2D eigenvalue weighted by Crippen LogP contribution is 2.31. The molecule has 1 aliphatic heterocycles. The highest BCUT2D eigenvalue weighted by atomic mass is 35.5. The van der Waals surface area contributed by atoms with E-state index in [2.05, 4.69) is 21.2 Å². The van der Waals surface area contributed by atoms with Crippen molar-refractivity contribution in [1.29, 1.82) is 0 Å². The molecule has 1 aromatic heterocycles. The van der Waals surface area contributed by atoms with Crippen LogP contribution >= 0.6 is 11.6 Å². The molecule has 1 aromatic carbocycles. The number of benzene rings is 1. The minimum Gasteiger partial charge on any atom is -0.413 e. The molecule has 0 radical (unpaired) electrons. The lowest BCUT2D eigenvalue weighted by molar-refractivity contribution is -0.157. The number of halogens is 7. The maximum atomic E-state index is 15.1. The van der Waals surface area contributed by atoms with Crippen molar-refractivity contribution in [2.45, 2.75) is 25.7 Å². The Bertz CT molecular complexity index is 1180. The summed E-state index contributed by atoms with van der Waals surface area (Å²) in [5.41, 5.74) is -0.291. The van der Waals surface area contributed by atoms with E-state index in [1.807, 2.05) is 0 Å². The van der Waals surface area contributed by atoms with E-state index in [4.69, 9.17) is 11.6 Å². The van der Waals surface area contributed by atoms with Gasteiger partial charge in [-0.15, -0.1) is 10.2 Å². The standard InChI is InChI=1S/C22H19ClF6N4O2/c1-3-13(18(26)8-12(2)19-30-31-20(35-19)22(27,28)29)10-33(15-4-5-17(25)16(23)9-15)21(34)32-7-6-14(24)11-32/h3-5,8-9,14H,2,6-7,10-11H2,1H3/b13-3-,18-8+/t14-/m0/s1. The number of urea groups is 1. The number of anilines is 1. The third-order valence-electron chi connectivity index (χ3n) is 5.07. The molecule has 2 aromatic rings. The van der Waals surface area contributed by atoms with E-state index in [0.29, 0.717) is 0 Å². The van der Waals surface area contributed by atoms with Crippen LogP contribution in [-0.2, 0) is 6.18 Å². The predicted octanol–water partition coefficient (Wildman–Crippen LogP) is 6.36. The zero-order chi connectivity index (χ0) is 25.9. The van der Waals surface area contributed by atoms with Gasteiger partial charge in [0, 0.05) is 23.4 Å². The fourth-order valence-electron chi connectivity index (χ4n) is 3.23. The number of aromatic nitrogens is 2. The minimum atomic E-state index is -4.88. The highest BCUT2D eigenvalue weighted by Gasteiger charge is 2.38. The van der Waals surface area contributed by atoms with E-state index in [9.17, 15) is 26.7 Å². The first-order chi connectivity index (χ1) is 16.4. The first kappa shape index (κ1) is 26.3. The van der Waals surface area contributed by atoms with Crippen LogP contribution in [0.2, 0.25) is 5.02 Å². The van der Waals surface area contributed by atoms with Crippen molar-refractivity contribution in [3.05, 3.63) is 71.0 Å². The van der Waals surface area contributed by atoms with Crippen LogP contribution in [0.4, 0.5) is 36.8 Å². The number of allylic oxidation sites excluding steroid dienone is 3. The Morgan fingerprint density at radius 1 is 1.37 bits per heavy atom. The Morgan fingerprint density at radius 3 is 2.63 bits per heavy atom. The van der Waals surface area contributed by atoms with Gasteiger partial charge in [-0.2, -0.15) is 13.2 Å². The van der Waals surface area contributed by atoms with Crippen LogP contribution in [-0.4, -0.2) is 46.9 Å². The monoisotopic (exact) mass is 520 g/mol. The zero-order valence-corrected chi connectivity index (χ0v) is 19.0. The van der Waals surface area contributed by atoms with Crippen LogP contribution < -0.4 is 4.90 Å². The number of amides is 2. The SMILES string of the molecule is C=C(/C=C(F)\C(=C/C)CN(C(=O)N1CC[C@H](F)C1)c1ccc(F)c(Cl)c1)c1nnc(C(F)(F)F)o1. The summed E-state index contributed by atoms with van der Waals surface area (Å²) in [4.78, 5) is 15.4. The minimum absolute atomic E-state index is 0.0773. The second-order valence-electron chi connectivity index (χ2n) is 7.54. The van der Waals surface area contributed by atoms with Gasteiger partial charge in [0.15, 0.2) is 0 Å². The Balaban J connectivity index is 1.88. The molecule has 3 rings (SSSR count). The highest BCUT2D eigenvalue weighted by molar-refractivity contribution is 6.31. The molecule has 2 heterocycles. The molecule has 1 fully saturated rings. The molecule has 0 unspecified atom stereocenters. The van der Waals surface area contributed by atoms with Crippen molar-refractivity contribution in [2.75, 3.05) is 24.5 Å². The molecule has 2 amide bonds. The lowest BCUT2D eigenvalue weighted by atomic mass is 10.1. The summed E-state index contributed by atoms with van der Waals surface area (Å²) in [5.74, 6) is -3.96. The molecule has 6 nitrogen and oxygen atoms in total. The molecule has 0 saturated carbocycles. The average molecular weight is 521 g/mol. The number of alkyl halides is 4. The van der Waals surface area contributed by atoms with Gasteiger partial charge in [0.1, 0.15) is 17.8 Å². The smallest absolute Gasteiger partial charge is 0.413 e. The van der Waals surface area contributed by atoms with Crippen LogP contribution in [0.25, 0.3) is 5.57 Å². The van der Waals surface area contributed by atoms with Crippen LogP contribution in [0.1, 0.15) is 25.1 Å². The number of carbonyl (C=O) groups is 1. The molecule has 1 aliphatic rings. The fraction of sp³-hybridized carbons (Fsp3) is 0.318. The third kappa shape index (κ3) is 6.24. The molecule has 188 valence electrons. The van der Waals surface area contributed by atoms with Crippen LogP contribution in [0.15, 0.2) is 52.7 Å². The van der Waals surface area contributed by atoms with Gasteiger partial charge in [0.25, 0.3) is 0 Å². The summed E-state index contributed by atoms with van der Waals surface area (Å²) in [6.45, 7) is 4.49. The van der Waals surface area contributed by atoms with Crippen molar-refractivity contribution in [1.82, 2.24) is 15.1 Å². The number of carbonyl (C=O) groups excluding carboxylic acids is 1. The molecule has 1 saturated heterocycles. The maximum Gasteiger partial charge on any atom is 0.470 e. The van der Waals surface area contributed by atoms with Gasteiger partial charge in [-0.3, -0.25) is 4.90 Å². The summed E-state index contributed by atoms with van der Waals surface area (Å²) in [5, 5.41) is 5.78. The van der Waals surface area contributed by atoms with Crippen LogP contribution in [0, 0.1) is 5.82 Å². The number of hydrogen-bond acceptors (Lipinski definition) is 4. The first-order valence-corrected chi connectivity index (χ1v) is 10.6. The first-order valence-electron chi connectivity index (χ1n) is 10.2. The average Bonchev–Trinajstić information content (AvgIpc) is 3.45. The molecule has 1 atom stereocenters. The Morgan fingerprint density at radius 2 is 2.09 bits per heavy atom. The Labute approximate surface area is 201 Å². The normalized spacial score (nSPS) is 17.1. The number of rotatable bonds is 6. The molecule has 35 heavy (non-hydrogen) atoms. The summed E-state index contributed by atoms with van der Waals surface area (Å²) in [6.07, 6.45) is -3.86. The second kappa shape index (κ2) is 10.5. The second-order valence-corrected chi connectivity index (χ2v) is 7.95. The van der Waals surface area contributed by atoms with Gasteiger partial charge in [-0.1, -0.05) is 24.3 Å².